The predicted octanol–water partition coefficient (Wildman–Crippen LogP) is 1.06. The van der Waals surface area contributed by atoms with Gasteiger partial charge in [0.15, 0.2) is 0 Å². The van der Waals surface area contributed by atoms with Crippen LogP contribution in [0.3, 0.4) is 0 Å². The standard InChI is InChI=1S/C18H20N4O4/c1-11-14(25-2)7-12(8-15(11)26-3)17(23)21-13-9-22(10-13)18(24)16-19-5-4-6-20-16/h4-8,13H,9-10H2,1-3H3,(H,21,23). The third kappa shape index (κ3) is 3.44. The molecule has 1 aliphatic heterocycles. The normalized spacial score (nSPS) is 13.7. The van der Waals surface area contributed by atoms with E-state index in [0.29, 0.717) is 30.2 Å². The molecule has 0 aliphatic carbocycles. The summed E-state index contributed by atoms with van der Waals surface area (Å²) >= 11 is 0. The Kier molecular flexibility index (Phi) is 5.01. The summed E-state index contributed by atoms with van der Waals surface area (Å²) in [4.78, 5) is 34.2. The van der Waals surface area contributed by atoms with Crippen molar-refractivity contribution in [3.63, 3.8) is 0 Å². The fraction of sp³-hybridized carbons (Fsp3) is 0.333. The third-order valence-electron chi connectivity index (χ3n) is 4.28. The van der Waals surface area contributed by atoms with Crippen molar-refractivity contribution in [2.45, 2.75) is 13.0 Å². The van der Waals surface area contributed by atoms with Gasteiger partial charge in [0, 0.05) is 36.6 Å². The minimum atomic E-state index is -0.241. The Bertz CT molecular complexity index is 794. The van der Waals surface area contributed by atoms with Gasteiger partial charge in [0.2, 0.25) is 5.82 Å². The van der Waals surface area contributed by atoms with Crippen LogP contribution in [-0.2, 0) is 0 Å². The zero-order valence-corrected chi connectivity index (χ0v) is 14.9. The smallest absolute Gasteiger partial charge is 0.291 e. The van der Waals surface area contributed by atoms with Gasteiger partial charge in [-0.1, -0.05) is 0 Å². The van der Waals surface area contributed by atoms with E-state index in [2.05, 4.69) is 15.3 Å². The third-order valence-corrected chi connectivity index (χ3v) is 4.28. The second kappa shape index (κ2) is 7.38. The molecule has 3 rings (SSSR count). The first-order valence-corrected chi connectivity index (χ1v) is 8.13. The lowest BCUT2D eigenvalue weighted by molar-refractivity contribution is 0.0531. The molecule has 1 N–H and O–H groups in total. The number of nitrogens with one attached hydrogen (secondary N) is 1. The molecule has 0 saturated carbocycles. The molecule has 8 nitrogen and oxygen atoms in total. The number of carbonyl (C=O) groups excluding carboxylic acids is 2. The average Bonchev–Trinajstić information content (AvgIpc) is 2.64. The summed E-state index contributed by atoms with van der Waals surface area (Å²) in [7, 11) is 3.09. The van der Waals surface area contributed by atoms with Gasteiger partial charge in [0.05, 0.1) is 20.3 Å². The second-order valence-corrected chi connectivity index (χ2v) is 5.96. The summed E-state index contributed by atoms with van der Waals surface area (Å²) in [6.07, 6.45) is 3.05. The van der Waals surface area contributed by atoms with Crippen LogP contribution in [0.4, 0.5) is 0 Å². The maximum Gasteiger partial charge on any atom is 0.291 e. The number of methoxy groups -OCH3 is 2. The van der Waals surface area contributed by atoms with Crippen LogP contribution < -0.4 is 14.8 Å². The fourth-order valence-electron chi connectivity index (χ4n) is 2.77. The van der Waals surface area contributed by atoms with Gasteiger partial charge in [-0.2, -0.15) is 0 Å². The number of likely N-dealkylation sites (tertiary alicyclic amines) is 1. The topological polar surface area (TPSA) is 93.7 Å². The number of aromatic nitrogens is 2. The van der Waals surface area contributed by atoms with E-state index in [0.717, 1.165) is 5.56 Å². The fourth-order valence-corrected chi connectivity index (χ4v) is 2.77. The second-order valence-electron chi connectivity index (χ2n) is 5.96. The summed E-state index contributed by atoms with van der Waals surface area (Å²) in [6.45, 7) is 2.70. The van der Waals surface area contributed by atoms with E-state index in [4.69, 9.17) is 9.47 Å². The van der Waals surface area contributed by atoms with Crippen molar-refractivity contribution < 1.29 is 19.1 Å². The summed E-state index contributed by atoms with van der Waals surface area (Å²) in [5, 5.41) is 2.91. The number of amides is 2. The lowest BCUT2D eigenvalue weighted by Gasteiger charge is -2.39. The van der Waals surface area contributed by atoms with Crippen LogP contribution in [0, 0.1) is 6.92 Å². The van der Waals surface area contributed by atoms with Crippen molar-refractivity contribution >= 4 is 11.8 Å². The Morgan fingerprint density at radius 1 is 1.12 bits per heavy atom. The first-order valence-electron chi connectivity index (χ1n) is 8.13. The first kappa shape index (κ1) is 17.7. The molecule has 2 amide bonds. The molecule has 1 fully saturated rings. The van der Waals surface area contributed by atoms with Crippen LogP contribution >= 0.6 is 0 Å². The number of hydrogen-bond acceptors (Lipinski definition) is 6. The molecule has 0 bridgehead atoms. The number of rotatable bonds is 5. The zero-order chi connectivity index (χ0) is 18.7. The minimum absolute atomic E-state index is 0.117. The quantitative estimate of drug-likeness (QED) is 0.861. The van der Waals surface area contributed by atoms with E-state index < -0.39 is 0 Å². The Balaban J connectivity index is 1.61. The van der Waals surface area contributed by atoms with Crippen molar-refractivity contribution in [1.82, 2.24) is 20.2 Å². The number of carbonyl (C=O) groups is 2. The van der Waals surface area contributed by atoms with Crippen LogP contribution in [0.5, 0.6) is 11.5 Å². The molecule has 2 aromatic rings. The van der Waals surface area contributed by atoms with Gasteiger partial charge in [-0.15, -0.1) is 0 Å². The molecule has 1 aromatic heterocycles. The van der Waals surface area contributed by atoms with E-state index in [1.165, 1.54) is 12.4 Å². The van der Waals surface area contributed by atoms with Crippen LogP contribution in [0.2, 0.25) is 0 Å². The zero-order valence-electron chi connectivity index (χ0n) is 14.9. The molecule has 0 radical (unpaired) electrons. The lowest BCUT2D eigenvalue weighted by Crippen LogP contribution is -2.61. The van der Waals surface area contributed by atoms with E-state index in [-0.39, 0.29) is 23.7 Å². The monoisotopic (exact) mass is 356 g/mol. The van der Waals surface area contributed by atoms with E-state index >= 15 is 0 Å². The number of benzene rings is 1. The molecule has 26 heavy (non-hydrogen) atoms. The van der Waals surface area contributed by atoms with E-state index in [1.54, 1.807) is 37.3 Å². The van der Waals surface area contributed by atoms with Crippen molar-refractivity contribution in [2.24, 2.45) is 0 Å². The van der Waals surface area contributed by atoms with Gasteiger partial charge >= 0.3 is 0 Å². The van der Waals surface area contributed by atoms with Gasteiger partial charge in [-0.3, -0.25) is 9.59 Å². The van der Waals surface area contributed by atoms with Gasteiger partial charge in [0.1, 0.15) is 11.5 Å². The van der Waals surface area contributed by atoms with Gasteiger partial charge < -0.3 is 19.7 Å². The largest absolute Gasteiger partial charge is 0.496 e. The molecule has 0 atom stereocenters. The summed E-state index contributed by atoms with van der Waals surface area (Å²) in [6, 6.07) is 4.88. The van der Waals surface area contributed by atoms with Crippen molar-refractivity contribution in [1.29, 1.82) is 0 Å². The Morgan fingerprint density at radius 3 is 2.23 bits per heavy atom. The molecule has 136 valence electrons. The van der Waals surface area contributed by atoms with Crippen molar-refractivity contribution in [3.8, 4) is 11.5 Å². The number of nitrogens with zero attached hydrogens (tertiary/aromatic N) is 3. The highest BCUT2D eigenvalue weighted by Crippen LogP contribution is 2.29. The summed E-state index contributed by atoms with van der Waals surface area (Å²) in [5.74, 6) is 0.844. The molecular weight excluding hydrogens is 336 g/mol. The summed E-state index contributed by atoms with van der Waals surface area (Å²) in [5.41, 5.74) is 1.27. The highest BCUT2D eigenvalue weighted by molar-refractivity contribution is 5.96. The Hall–Kier alpha value is -3.16. The summed E-state index contributed by atoms with van der Waals surface area (Å²) < 4.78 is 10.6. The molecule has 2 heterocycles. The van der Waals surface area contributed by atoms with Crippen LogP contribution in [-0.4, -0.2) is 60.0 Å². The van der Waals surface area contributed by atoms with Crippen LogP contribution in [0.1, 0.15) is 26.5 Å². The van der Waals surface area contributed by atoms with Gasteiger partial charge in [-0.05, 0) is 25.1 Å². The highest BCUT2D eigenvalue weighted by atomic mass is 16.5. The molecule has 8 heteroatoms. The molecular formula is C18H20N4O4. The van der Waals surface area contributed by atoms with Crippen molar-refractivity contribution in [3.05, 3.63) is 47.5 Å². The first-order chi connectivity index (χ1) is 12.5. The number of ether oxygens (including phenoxy) is 2. The lowest BCUT2D eigenvalue weighted by atomic mass is 10.1. The molecule has 0 spiro atoms. The van der Waals surface area contributed by atoms with Crippen LogP contribution in [0.15, 0.2) is 30.6 Å². The van der Waals surface area contributed by atoms with Crippen molar-refractivity contribution in [2.75, 3.05) is 27.3 Å². The van der Waals surface area contributed by atoms with Gasteiger partial charge in [0.25, 0.3) is 11.8 Å². The Labute approximate surface area is 151 Å². The minimum Gasteiger partial charge on any atom is -0.496 e. The SMILES string of the molecule is COc1cc(C(=O)NC2CN(C(=O)c3ncccn3)C2)cc(OC)c1C. The van der Waals surface area contributed by atoms with E-state index in [9.17, 15) is 9.59 Å². The molecule has 1 saturated heterocycles. The maximum atomic E-state index is 12.5. The Morgan fingerprint density at radius 2 is 1.69 bits per heavy atom. The molecule has 0 unspecified atom stereocenters. The van der Waals surface area contributed by atoms with Gasteiger partial charge in [-0.25, -0.2) is 9.97 Å². The average molecular weight is 356 g/mol. The molecule has 1 aliphatic rings. The van der Waals surface area contributed by atoms with Crippen LogP contribution in [0.25, 0.3) is 0 Å². The predicted molar refractivity (Wildman–Crippen MR) is 93.5 cm³/mol. The maximum absolute atomic E-state index is 12.5. The number of hydrogen-bond donors (Lipinski definition) is 1. The highest BCUT2D eigenvalue weighted by Gasteiger charge is 2.33. The molecule has 1 aromatic carbocycles. The van der Waals surface area contributed by atoms with E-state index in [1.807, 2.05) is 6.92 Å².